The fourth-order valence-electron chi connectivity index (χ4n) is 1.23. The molecule has 0 saturated heterocycles. The van der Waals surface area contributed by atoms with Crippen molar-refractivity contribution in [2.24, 2.45) is 0 Å². The zero-order valence-electron chi connectivity index (χ0n) is 7.94. The van der Waals surface area contributed by atoms with E-state index in [0.717, 1.165) is 5.69 Å². The Morgan fingerprint density at radius 2 is 1.67 bits per heavy atom. The molecule has 0 spiro atoms. The summed E-state index contributed by atoms with van der Waals surface area (Å²) < 4.78 is 0. The quantitative estimate of drug-likeness (QED) is 0.702. The van der Waals surface area contributed by atoms with Gasteiger partial charge in [0.2, 0.25) is 0 Å². The second kappa shape index (κ2) is 3.44. The van der Waals surface area contributed by atoms with Crippen molar-refractivity contribution in [3.8, 4) is 0 Å². The van der Waals surface area contributed by atoms with E-state index < -0.39 is 0 Å². The summed E-state index contributed by atoms with van der Waals surface area (Å²) in [6.45, 7) is 9.97. The average molecular weight is 161 g/mol. The van der Waals surface area contributed by atoms with Crippen LogP contribution in [0.4, 0.5) is 5.69 Å². The Morgan fingerprint density at radius 3 is 2.25 bits per heavy atom. The van der Waals surface area contributed by atoms with E-state index in [1.807, 2.05) is 0 Å². The summed E-state index contributed by atoms with van der Waals surface area (Å²) in [7, 11) is 0. The highest BCUT2D eigenvalue weighted by Crippen LogP contribution is 2.19. The molecule has 0 saturated carbocycles. The van der Waals surface area contributed by atoms with E-state index in [0.29, 0.717) is 0 Å². The third-order valence-electron chi connectivity index (χ3n) is 2.10. The van der Waals surface area contributed by atoms with Gasteiger partial charge < -0.3 is 5.32 Å². The van der Waals surface area contributed by atoms with Gasteiger partial charge in [-0.05, 0) is 49.7 Å². The molecule has 0 aliphatic heterocycles. The molecule has 0 unspecified atom stereocenters. The third-order valence-corrected chi connectivity index (χ3v) is 2.10. The maximum Gasteiger partial charge on any atom is 0.0412 e. The van der Waals surface area contributed by atoms with Gasteiger partial charge in [-0.3, -0.25) is 0 Å². The molecule has 12 heavy (non-hydrogen) atoms. The molecule has 1 aromatic rings. The molecule has 0 aliphatic rings. The first-order valence-corrected chi connectivity index (χ1v) is 4.10. The van der Waals surface area contributed by atoms with Crippen LogP contribution in [0, 0.1) is 20.8 Å². The van der Waals surface area contributed by atoms with Crippen LogP contribution in [0.1, 0.15) is 16.7 Å². The zero-order valence-corrected chi connectivity index (χ0v) is 7.94. The standard InChI is InChI=1S/C11H15N/c1-5-12-11-7-9(3)8(2)6-10(11)4/h5-7,12H,1H2,2-4H3. The van der Waals surface area contributed by atoms with E-state index in [1.165, 1.54) is 16.7 Å². The monoisotopic (exact) mass is 161 g/mol. The Labute approximate surface area is 74.1 Å². The lowest BCUT2D eigenvalue weighted by Crippen LogP contribution is -1.92. The van der Waals surface area contributed by atoms with E-state index in [4.69, 9.17) is 0 Å². The SMILES string of the molecule is C=CNc1cc(C)c(C)cc1C. The summed E-state index contributed by atoms with van der Waals surface area (Å²) in [5.74, 6) is 0. The van der Waals surface area contributed by atoms with Gasteiger partial charge in [-0.15, -0.1) is 0 Å². The third kappa shape index (κ3) is 1.67. The van der Waals surface area contributed by atoms with Crippen molar-refractivity contribution >= 4 is 5.69 Å². The van der Waals surface area contributed by atoms with Crippen LogP contribution in [0.3, 0.4) is 0 Å². The van der Waals surface area contributed by atoms with Crippen molar-refractivity contribution in [3.63, 3.8) is 0 Å². The average Bonchev–Trinajstić information content (AvgIpc) is 2.01. The molecular formula is C11H15N. The summed E-state index contributed by atoms with van der Waals surface area (Å²) in [5.41, 5.74) is 5.05. The molecule has 0 radical (unpaired) electrons. The number of aryl methyl sites for hydroxylation is 3. The molecule has 0 heterocycles. The van der Waals surface area contributed by atoms with Gasteiger partial charge >= 0.3 is 0 Å². The first kappa shape index (κ1) is 8.85. The van der Waals surface area contributed by atoms with Gasteiger partial charge in [0.1, 0.15) is 0 Å². The lowest BCUT2D eigenvalue weighted by molar-refractivity contribution is 1.29. The topological polar surface area (TPSA) is 12.0 Å². The summed E-state index contributed by atoms with van der Waals surface area (Å²) in [4.78, 5) is 0. The highest BCUT2D eigenvalue weighted by molar-refractivity contribution is 5.55. The van der Waals surface area contributed by atoms with E-state index in [2.05, 4.69) is 44.8 Å². The lowest BCUT2D eigenvalue weighted by atomic mass is 10.1. The molecule has 1 N–H and O–H groups in total. The molecule has 1 heteroatoms. The Bertz CT molecular complexity index is 300. The van der Waals surface area contributed by atoms with Gasteiger partial charge in [0.05, 0.1) is 0 Å². The van der Waals surface area contributed by atoms with Crippen molar-refractivity contribution in [1.29, 1.82) is 0 Å². The Morgan fingerprint density at radius 1 is 1.08 bits per heavy atom. The summed E-state index contributed by atoms with van der Waals surface area (Å²) in [6, 6.07) is 4.33. The highest BCUT2D eigenvalue weighted by Gasteiger charge is 1.98. The van der Waals surface area contributed by atoms with Gasteiger partial charge in [0.15, 0.2) is 0 Å². The highest BCUT2D eigenvalue weighted by atomic mass is 14.8. The number of hydrogen-bond acceptors (Lipinski definition) is 1. The van der Waals surface area contributed by atoms with Crippen molar-refractivity contribution in [1.82, 2.24) is 0 Å². The molecule has 0 aromatic heterocycles. The van der Waals surface area contributed by atoms with Crippen molar-refractivity contribution in [3.05, 3.63) is 41.6 Å². The smallest absolute Gasteiger partial charge is 0.0412 e. The molecular weight excluding hydrogens is 146 g/mol. The molecule has 1 nitrogen and oxygen atoms in total. The van der Waals surface area contributed by atoms with Crippen LogP contribution in [-0.2, 0) is 0 Å². The molecule has 1 aromatic carbocycles. The normalized spacial score (nSPS) is 9.58. The summed E-state index contributed by atoms with van der Waals surface area (Å²) in [5, 5.41) is 3.11. The first-order valence-electron chi connectivity index (χ1n) is 4.10. The van der Waals surface area contributed by atoms with Crippen LogP contribution in [0.25, 0.3) is 0 Å². The van der Waals surface area contributed by atoms with E-state index in [1.54, 1.807) is 6.20 Å². The van der Waals surface area contributed by atoms with Crippen LogP contribution in [0.5, 0.6) is 0 Å². The van der Waals surface area contributed by atoms with Gasteiger partial charge in [-0.25, -0.2) is 0 Å². The van der Waals surface area contributed by atoms with E-state index >= 15 is 0 Å². The number of anilines is 1. The Hall–Kier alpha value is -1.24. The second-order valence-corrected chi connectivity index (χ2v) is 3.10. The largest absolute Gasteiger partial charge is 0.362 e. The number of benzene rings is 1. The minimum Gasteiger partial charge on any atom is -0.362 e. The van der Waals surface area contributed by atoms with E-state index in [-0.39, 0.29) is 0 Å². The van der Waals surface area contributed by atoms with Crippen LogP contribution < -0.4 is 5.32 Å². The molecule has 0 amide bonds. The van der Waals surface area contributed by atoms with Gasteiger partial charge in [0, 0.05) is 5.69 Å². The van der Waals surface area contributed by atoms with Crippen molar-refractivity contribution < 1.29 is 0 Å². The number of rotatable bonds is 2. The van der Waals surface area contributed by atoms with E-state index in [9.17, 15) is 0 Å². The zero-order chi connectivity index (χ0) is 9.14. The van der Waals surface area contributed by atoms with Gasteiger partial charge in [-0.1, -0.05) is 12.6 Å². The predicted molar refractivity (Wildman–Crippen MR) is 54.5 cm³/mol. The predicted octanol–water partition coefficient (Wildman–Crippen LogP) is 3.17. The first-order chi connectivity index (χ1) is 5.65. The van der Waals surface area contributed by atoms with Crippen LogP contribution >= 0.6 is 0 Å². The molecule has 0 bridgehead atoms. The fraction of sp³-hybridized carbons (Fsp3) is 0.273. The van der Waals surface area contributed by atoms with Crippen LogP contribution in [-0.4, -0.2) is 0 Å². The molecule has 0 aliphatic carbocycles. The molecule has 0 atom stereocenters. The lowest BCUT2D eigenvalue weighted by Gasteiger charge is -2.08. The minimum atomic E-state index is 1.15. The maximum atomic E-state index is 3.64. The molecule has 0 fully saturated rings. The Kier molecular flexibility index (Phi) is 2.54. The second-order valence-electron chi connectivity index (χ2n) is 3.10. The summed E-state index contributed by atoms with van der Waals surface area (Å²) >= 11 is 0. The van der Waals surface area contributed by atoms with Crippen molar-refractivity contribution in [2.75, 3.05) is 5.32 Å². The van der Waals surface area contributed by atoms with Crippen molar-refractivity contribution in [2.45, 2.75) is 20.8 Å². The number of hydrogen-bond donors (Lipinski definition) is 1. The summed E-state index contributed by atoms with van der Waals surface area (Å²) in [6.07, 6.45) is 1.71. The molecule has 64 valence electrons. The Balaban J connectivity index is 3.13. The van der Waals surface area contributed by atoms with Gasteiger partial charge in [0.25, 0.3) is 0 Å². The molecule has 1 rings (SSSR count). The number of nitrogens with one attached hydrogen (secondary N) is 1. The fourth-order valence-corrected chi connectivity index (χ4v) is 1.23. The van der Waals surface area contributed by atoms with Gasteiger partial charge in [-0.2, -0.15) is 0 Å². The van der Waals surface area contributed by atoms with Crippen LogP contribution in [0.15, 0.2) is 24.9 Å². The maximum absolute atomic E-state index is 3.64. The minimum absolute atomic E-state index is 1.15. The van der Waals surface area contributed by atoms with Crippen LogP contribution in [0.2, 0.25) is 0 Å².